The van der Waals surface area contributed by atoms with E-state index in [1.54, 1.807) is 18.3 Å². The number of hydrogen-bond donors (Lipinski definition) is 1. The van der Waals surface area contributed by atoms with Gasteiger partial charge >= 0.3 is 5.97 Å². The molecule has 0 aliphatic heterocycles. The smallest absolute Gasteiger partial charge is 0.341 e. The summed E-state index contributed by atoms with van der Waals surface area (Å²) < 4.78 is 5.08. The van der Waals surface area contributed by atoms with Gasteiger partial charge in [0.15, 0.2) is 0 Å². The van der Waals surface area contributed by atoms with Crippen LogP contribution in [0.15, 0.2) is 18.3 Å². The first-order valence-corrected chi connectivity index (χ1v) is 7.63. The number of rotatable bonds is 5. The Morgan fingerprint density at radius 1 is 1.45 bits per heavy atom. The van der Waals surface area contributed by atoms with Crippen LogP contribution >= 0.6 is 0 Å². The van der Waals surface area contributed by atoms with Gasteiger partial charge in [-0.1, -0.05) is 26.2 Å². The molecule has 4 heteroatoms. The fraction of sp³-hybridized carbons (Fsp3) is 0.625. The summed E-state index contributed by atoms with van der Waals surface area (Å²) >= 11 is 0. The number of nitrogens with zero attached hydrogens (tertiary/aromatic N) is 1. The first kappa shape index (κ1) is 14.8. The van der Waals surface area contributed by atoms with Gasteiger partial charge in [-0.3, -0.25) is 0 Å². The van der Waals surface area contributed by atoms with Crippen LogP contribution in [0, 0.1) is 5.92 Å². The minimum absolute atomic E-state index is 0.300. The first-order chi connectivity index (χ1) is 9.74. The Bertz CT molecular complexity index is 448. The lowest BCUT2D eigenvalue weighted by atomic mass is 9.84. The van der Waals surface area contributed by atoms with E-state index in [0.29, 0.717) is 24.0 Å². The molecular weight excluding hydrogens is 252 g/mol. The van der Waals surface area contributed by atoms with Crippen molar-refractivity contribution in [3.63, 3.8) is 0 Å². The Morgan fingerprint density at radius 2 is 2.30 bits per heavy atom. The Hall–Kier alpha value is -1.58. The van der Waals surface area contributed by atoms with E-state index in [-0.39, 0.29) is 5.97 Å². The molecule has 0 bridgehead atoms. The minimum atomic E-state index is -0.300. The normalized spacial score (nSPS) is 22.3. The monoisotopic (exact) mass is 276 g/mol. The van der Waals surface area contributed by atoms with Crippen LogP contribution in [0.1, 0.15) is 56.3 Å². The summed E-state index contributed by atoms with van der Waals surface area (Å²) in [4.78, 5) is 16.2. The zero-order valence-electron chi connectivity index (χ0n) is 12.4. The molecule has 1 aliphatic carbocycles. The summed E-state index contributed by atoms with van der Waals surface area (Å²) in [5.74, 6) is 1.15. The van der Waals surface area contributed by atoms with Gasteiger partial charge in [-0.25, -0.2) is 9.78 Å². The zero-order chi connectivity index (χ0) is 14.4. The van der Waals surface area contributed by atoms with Crippen LogP contribution in [0.4, 0.5) is 5.82 Å². The topological polar surface area (TPSA) is 51.2 Å². The molecule has 0 aromatic carbocycles. The molecule has 20 heavy (non-hydrogen) atoms. The van der Waals surface area contributed by atoms with Crippen LogP contribution in [-0.4, -0.2) is 23.6 Å². The summed E-state index contributed by atoms with van der Waals surface area (Å²) in [5, 5.41) is 3.44. The highest BCUT2D eigenvalue weighted by Crippen LogP contribution is 2.29. The highest BCUT2D eigenvalue weighted by atomic mass is 16.5. The highest BCUT2D eigenvalue weighted by Gasteiger charge is 2.22. The quantitative estimate of drug-likeness (QED) is 0.834. The number of esters is 1. The molecule has 1 heterocycles. The maximum Gasteiger partial charge on any atom is 0.341 e. The van der Waals surface area contributed by atoms with Crippen molar-refractivity contribution >= 4 is 11.8 Å². The van der Waals surface area contributed by atoms with E-state index in [0.717, 1.165) is 18.8 Å². The number of carbonyl (C=O) groups is 1. The first-order valence-electron chi connectivity index (χ1n) is 7.63. The predicted octanol–water partition coefficient (Wildman–Crippen LogP) is 3.64. The fourth-order valence-corrected chi connectivity index (χ4v) is 2.88. The Labute approximate surface area is 120 Å². The van der Waals surface area contributed by atoms with Crippen LogP contribution in [0.25, 0.3) is 0 Å². The zero-order valence-corrected chi connectivity index (χ0v) is 12.4. The second-order valence-corrected chi connectivity index (χ2v) is 5.40. The number of carbonyl (C=O) groups excluding carboxylic acids is 1. The van der Waals surface area contributed by atoms with Gasteiger partial charge in [0, 0.05) is 12.2 Å². The Morgan fingerprint density at radius 3 is 3.05 bits per heavy atom. The third-order valence-electron chi connectivity index (χ3n) is 4.00. The van der Waals surface area contributed by atoms with Crippen LogP contribution in [0.5, 0.6) is 0 Å². The van der Waals surface area contributed by atoms with Crippen molar-refractivity contribution < 1.29 is 9.53 Å². The van der Waals surface area contributed by atoms with Gasteiger partial charge in [0.1, 0.15) is 11.4 Å². The Balaban J connectivity index is 2.07. The van der Waals surface area contributed by atoms with Crippen LogP contribution in [-0.2, 0) is 4.74 Å². The third kappa shape index (κ3) is 3.71. The molecule has 1 N–H and O–H groups in total. The van der Waals surface area contributed by atoms with Gasteiger partial charge in [-0.15, -0.1) is 0 Å². The number of ether oxygens (including phenoxy) is 1. The van der Waals surface area contributed by atoms with Crippen LogP contribution in [0.2, 0.25) is 0 Å². The number of nitrogens with one attached hydrogen (secondary N) is 1. The molecule has 2 unspecified atom stereocenters. The van der Waals surface area contributed by atoms with Gasteiger partial charge in [0.05, 0.1) is 6.61 Å². The van der Waals surface area contributed by atoms with E-state index < -0.39 is 0 Å². The fourth-order valence-electron chi connectivity index (χ4n) is 2.88. The standard InChI is InChI=1S/C16H24N2O2/c1-3-12-7-5-8-13(11-12)18-15-14(9-6-10-17-15)16(19)20-4-2/h6,9-10,12-13H,3-5,7-8,11H2,1-2H3,(H,17,18). The van der Waals surface area contributed by atoms with Crippen molar-refractivity contribution in [2.24, 2.45) is 5.92 Å². The molecule has 1 aliphatic rings. The van der Waals surface area contributed by atoms with Gasteiger partial charge in [-0.05, 0) is 37.8 Å². The molecule has 0 saturated heterocycles. The SMILES string of the molecule is CCOC(=O)c1cccnc1NC1CCCC(CC)C1. The molecule has 0 amide bonds. The van der Waals surface area contributed by atoms with Crippen LogP contribution in [0.3, 0.4) is 0 Å². The van der Waals surface area contributed by atoms with E-state index in [9.17, 15) is 4.79 Å². The minimum Gasteiger partial charge on any atom is -0.462 e. The van der Waals surface area contributed by atoms with E-state index in [1.165, 1.54) is 19.3 Å². The van der Waals surface area contributed by atoms with Gasteiger partial charge in [0.2, 0.25) is 0 Å². The largest absolute Gasteiger partial charge is 0.462 e. The second-order valence-electron chi connectivity index (χ2n) is 5.40. The van der Waals surface area contributed by atoms with E-state index in [4.69, 9.17) is 4.74 Å². The van der Waals surface area contributed by atoms with Gasteiger partial charge in [0.25, 0.3) is 0 Å². The maximum absolute atomic E-state index is 11.9. The van der Waals surface area contributed by atoms with Crippen molar-refractivity contribution in [1.29, 1.82) is 0 Å². The van der Waals surface area contributed by atoms with Crippen molar-refractivity contribution in [1.82, 2.24) is 4.98 Å². The maximum atomic E-state index is 11.9. The summed E-state index contributed by atoms with van der Waals surface area (Å²) in [6, 6.07) is 3.96. The van der Waals surface area contributed by atoms with Crippen LogP contribution < -0.4 is 5.32 Å². The molecule has 110 valence electrons. The molecule has 2 rings (SSSR count). The van der Waals surface area contributed by atoms with Gasteiger partial charge < -0.3 is 10.1 Å². The van der Waals surface area contributed by atoms with E-state index in [1.807, 2.05) is 6.92 Å². The lowest BCUT2D eigenvalue weighted by Crippen LogP contribution is -2.28. The molecular formula is C16H24N2O2. The number of anilines is 1. The lowest BCUT2D eigenvalue weighted by Gasteiger charge is -2.29. The van der Waals surface area contributed by atoms with E-state index >= 15 is 0 Å². The predicted molar refractivity (Wildman–Crippen MR) is 79.9 cm³/mol. The van der Waals surface area contributed by atoms with Crippen molar-refractivity contribution in [2.75, 3.05) is 11.9 Å². The average molecular weight is 276 g/mol. The Kier molecular flexibility index (Phi) is 5.39. The lowest BCUT2D eigenvalue weighted by molar-refractivity contribution is 0.0527. The molecule has 1 aromatic heterocycles. The number of pyridine rings is 1. The number of aromatic nitrogens is 1. The van der Waals surface area contributed by atoms with Gasteiger partial charge in [-0.2, -0.15) is 0 Å². The van der Waals surface area contributed by atoms with Crippen molar-refractivity contribution in [2.45, 2.75) is 52.0 Å². The molecule has 4 nitrogen and oxygen atoms in total. The second kappa shape index (κ2) is 7.27. The summed E-state index contributed by atoms with van der Waals surface area (Å²) in [6.07, 6.45) is 7.82. The molecule has 0 radical (unpaired) electrons. The third-order valence-corrected chi connectivity index (χ3v) is 4.00. The summed E-state index contributed by atoms with van der Waals surface area (Å²) in [7, 11) is 0. The van der Waals surface area contributed by atoms with Crippen molar-refractivity contribution in [3.8, 4) is 0 Å². The van der Waals surface area contributed by atoms with Crippen molar-refractivity contribution in [3.05, 3.63) is 23.9 Å². The molecule has 1 aromatic rings. The van der Waals surface area contributed by atoms with E-state index in [2.05, 4.69) is 17.2 Å². The molecule has 1 saturated carbocycles. The number of hydrogen-bond acceptors (Lipinski definition) is 4. The molecule has 1 fully saturated rings. The summed E-state index contributed by atoms with van der Waals surface area (Å²) in [6.45, 7) is 4.45. The molecule has 2 atom stereocenters. The average Bonchev–Trinajstić information content (AvgIpc) is 2.48. The molecule has 0 spiro atoms. The highest BCUT2D eigenvalue weighted by molar-refractivity contribution is 5.94. The summed E-state index contributed by atoms with van der Waals surface area (Å²) in [5.41, 5.74) is 0.535.